The van der Waals surface area contributed by atoms with Gasteiger partial charge in [0, 0.05) is 28.1 Å². The maximum atomic E-state index is 10.2. The molecule has 3 nitrogen and oxygen atoms in total. The summed E-state index contributed by atoms with van der Waals surface area (Å²) in [5.41, 5.74) is 2.45. The summed E-state index contributed by atoms with van der Waals surface area (Å²) in [5, 5.41) is 10.8. The van der Waals surface area contributed by atoms with E-state index in [0.717, 1.165) is 4.88 Å². The van der Waals surface area contributed by atoms with Crippen molar-refractivity contribution in [2.45, 2.75) is 12.5 Å². The zero-order valence-corrected chi connectivity index (χ0v) is 10.8. The summed E-state index contributed by atoms with van der Waals surface area (Å²) in [6.45, 7) is 0. The molecule has 1 heterocycles. The molecular weight excluding hydrogens is 258 g/mol. The minimum Gasteiger partial charge on any atom is -0.496 e. The van der Waals surface area contributed by atoms with Crippen LogP contribution in [0, 0.1) is 0 Å². The Balaban J connectivity index is 2.23. The Morgan fingerprint density at radius 2 is 2.35 bits per heavy atom. The number of halogens is 1. The fourth-order valence-corrected chi connectivity index (χ4v) is 2.42. The van der Waals surface area contributed by atoms with Gasteiger partial charge in [0.25, 0.3) is 0 Å². The van der Waals surface area contributed by atoms with E-state index in [1.165, 1.54) is 11.3 Å². The van der Waals surface area contributed by atoms with Crippen LogP contribution in [-0.2, 0) is 6.42 Å². The van der Waals surface area contributed by atoms with E-state index in [1.54, 1.807) is 37.0 Å². The van der Waals surface area contributed by atoms with Gasteiger partial charge in [-0.05, 0) is 18.2 Å². The van der Waals surface area contributed by atoms with E-state index in [4.69, 9.17) is 16.3 Å². The first kappa shape index (κ1) is 12.4. The predicted octanol–water partition coefficient (Wildman–Crippen LogP) is 3.08. The average molecular weight is 270 g/mol. The minimum atomic E-state index is -0.635. The van der Waals surface area contributed by atoms with Gasteiger partial charge in [0.15, 0.2) is 0 Å². The highest BCUT2D eigenvalue weighted by molar-refractivity contribution is 7.09. The lowest BCUT2D eigenvalue weighted by atomic mass is 10.1. The van der Waals surface area contributed by atoms with Crippen molar-refractivity contribution in [2.75, 3.05) is 7.11 Å². The van der Waals surface area contributed by atoms with E-state index >= 15 is 0 Å². The van der Waals surface area contributed by atoms with Crippen molar-refractivity contribution in [3.8, 4) is 5.75 Å². The van der Waals surface area contributed by atoms with Gasteiger partial charge in [-0.25, -0.2) is 0 Å². The number of aliphatic hydroxyl groups is 1. The SMILES string of the molecule is COc1ccc(Cl)cc1C(O)Cc1cncs1. The van der Waals surface area contributed by atoms with Gasteiger partial charge >= 0.3 is 0 Å². The number of benzene rings is 1. The van der Waals surface area contributed by atoms with Crippen LogP contribution in [0.4, 0.5) is 0 Å². The monoisotopic (exact) mass is 269 g/mol. The van der Waals surface area contributed by atoms with E-state index in [-0.39, 0.29) is 0 Å². The zero-order valence-electron chi connectivity index (χ0n) is 9.26. The second-order valence-electron chi connectivity index (χ2n) is 3.57. The molecule has 1 atom stereocenters. The fraction of sp³-hybridized carbons (Fsp3) is 0.250. The number of hydrogen-bond acceptors (Lipinski definition) is 4. The number of thiazole rings is 1. The third kappa shape index (κ3) is 2.97. The van der Waals surface area contributed by atoms with Crippen molar-refractivity contribution in [1.82, 2.24) is 4.98 Å². The summed E-state index contributed by atoms with van der Waals surface area (Å²) in [6, 6.07) is 5.23. The van der Waals surface area contributed by atoms with E-state index in [9.17, 15) is 5.11 Å². The topological polar surface area (TPSA) is 42.4 Å². The van der Waals surface area contributed by atoms with E-state index in [1.807, 2.05) is 0 Å². The molecule has 0 aliphatic heterocycles. The van der Waals surface area contributed by atoms with Crippen LogP contribution in [0.3, 0.4) is 0 Å². The Kier molecular flexibility index (Phi) is 3.99. The van der Waals surface area contributed by atoms with Gasteiger partial charge in [-0.1, -0.05) is 11.6 Å². The first-order valence-corrected chi connectivity index (χ1v) is 6.35. The molecule has 17 heavy (non-hydrogen) atoms. The highest BCUT2D eigenvalue weighted by Crippen LogP contribution is 2.30. The van der Waals surface area contributed by atoms with Gasteiger partial charge in [-0.2, -0.15) is 0 Å². The van der Waals surface area contributed by atoms with Gasteiger partial charge in [0.1, 0.15) is 5.75 Å². The predicted molar refractivity (Wildman–Crippen MR) is 68.8 cm³/mol. The largest absolute Gasteiger partial charge is 0.496 e. The maximum absolute atomic E-state index is 10.2. The molecule has 1 unspecified atom stereocenters. The number of hydrogen-bond donors (Lipinski definition) is 1. The molecule has 5 heteroatoms. The summed E-state index contributed by atoms with van der Waals surface area (Å²) in [4.78, 5) is 5.01. The quantitative estimate of drug-likeness (QED) is 0.928. The Morgan fingerprint density at radius 1 is 1.53 bits per heavy atom. The Bertz CT molecular complexity index is 487. The first-order chi connectivity index (χ1) is 8.20. The lowest BCUT2D eigenvalue weighted by Gasteiger charge is -2.14. The van der Waals surface area contributed by atoms with Crippen LogP contribution < -0.4 is 4.74 Å². The lowest BCUT2D eigenvalue weighted by Crippen LogP contribution is -2.03. The number of aromatic nitrogens is 1. The molecule has 0 bridgehead atoms. The standard InChI is InChI=1S/C12H12ClNO2S/c1-16-12-3-2-8(13)4-10(12)11(15)5-9-6-14-7-17-9/h2-4,6-7,11,15H,5H2,1H3. The van der Waals surface area contributed by atoms with Gasteiger partial charge in [0.05, 0.1) is 18.7 Å². The molecule has 0 saturated heterocycles. The molecule has 0 spiro atoms. The summed E-state index contributed by atoms with van der Waals surface area (Å²) in [7, 11) is 1.58. The van der Waals surface area contributed by atoms with Crippen molar-refractivity contribution in [3.63, 3.8) is 0 Å². The lowest BCUT2D eigenvalue weighted by molar-refractivity contribution is 0.175. The average Bonchev–Trinajstić information content (AvgIpc) is 2.81. The molecular formula is C12H12ClNO2S. The van der Waals surface area contributed by atoms with Crippen molar-refractivity contribution in [1.29, 1.82) is 0 Å². The van der Waals surface area contributed by atoms with E-state index < -0.39 is 6.10 Å². The molecule has 0 saturated carbocycles. The van der Waals surface area contributed by atoms with Crippen molar-refractivity contribution < 1.29 is 9.84 Å². The Morgan fingerprint density at radius 3 is 3.00 bits per heavy atom. The molecule has 2 rings (SSSR count). The third-order valence-electron chi connectivity index (χ3n) is 2.43. The van der Waals surface area contributed by atoms with Crippen LogP contribution in [-0.4, -0.2) is 17.2 Å². The molecule has 90 valence electrons. The molecule has 0 aliphatic carbocycles. The molecule has 0 amide bonds. The number of rotatable bonds is 4. The number of nitrogens with zero attached hydrogens (tertiary/aromatic N) is 1. The molecule has 1 aromatic carbocycles. The number of methoxy groups -OCH3 is 1. The van der Waals surface area contributed by atoms with Crippen LogP contribution in [0.15, 0.2) is 29.9 Å². The summed E-state index contributed by atoms with van der Waals surface area (Å²) >= 11 is 7.44. The van der Waals surface area contributed by atoms with Gasteiger partial charge in [-0.3, -0.25) is 4.98 Å². The second-order valence-corrected chi connectivity index (χ2v) is 4.98. The molecule has 0 radical (unpaired) electrons. The van der Waals surface area contributed by atoms with E-state index in [2.05, 4.69) is 4.98 Å². The first-order valence-electron chi connectivity index (χ1n) is 5.09. The molecule has 1 N–H and O–H groups in total. The smallest absolute Gasteiger partial charge is 0.124 e. The van der Waals surface area contributed by atoms with E-state index in [0.29, 0.717) is 22.8 Å². The van der Waals surface area contributed by atoms with Crippen LogP contribution in [0.5, 0.6) is 5.75 Å². The highest BCUT2D eigenvalue weighted by atomic mass is 35.5. The van der Waals surface area contributed by atoms with Crippen molar-refractivity contribution in [2.24, 2.45) is 0 Å². The maximum Gasteiger partial charge on any atom is 0.124 e. The van der Waals surface area contributed by atoms with Crippen LogP contribution >= 0.6 is 22.9 Å². The molecule has 0 fully saturated rings. The third-order valence-corrected chi connectivity index (χ3v) is 3.47. The second kappa shape index (κ2) is 5.49. The molecule has 2 aromatic rings. The van der Waals surface area contributed by atoms with Crippen molar-refractivity contribution >= 4 is 22.9 Å². The number of ether oxygens (including phenoxy) is 1. The summed E-state index contributed by atoms with van der Waals surface area (Å²) in [5.74, 6) is 0.645. The Labute approximate surface area is 109 Å². The zero-order chi connectivity index (χ0) is 12.3. The van der Waals surface area contributed by atoms with Crippen LogP contribution in [0.2, 0.25) is 5.02 Å². The van der Waals surface area contributed by atoms with Crippen LogP contribution in [0.1, 0.15) is 16.5 Å². The fourth-order valence-electron chi connectivity index (χ4n) is 1.61. The Hall–Kier alpha value is -1.10. The summed E-state index contributed by atoms with van der Waals surface area (Å²) < 4.78 is 5.21. The normalized spacial score (nSPS) is 12.4. The molecule has 1 aromatic heterocycles. The van der Waals surface area contributed by atoms with Gasteiger partial charge in [-0.15, -0.1) is 11.3 Å². The molecule has 0 aliphatic rings. The minimum absolute atomic E-state index is 0.515. The van der Waals surface area contributed by atoms with Gasteiger partial charge < -0.3 is 9.84 Å². The summed E-state index contributed by atoms with van der Waals surface area (Å²) in [6.07, 6.45) is 1.64. The number of aliphatic hydroxyl groups excluding tert-OH is 1. The highest BCUT2D eigenvalue weighted by Gasteiger charge is 2.15. The van der Waals surface area contributed by atoms with Crippen molar-refractivity contribution in [3.05, 3.63) is 45.4 Å². The van der Waals surface area contributed by atoms with Gasteiger partial charge in [0.2, 0.25) is 0 Å². The van der Waals surface area contributed by atoms with Crippen LogP contribution in [0.25, 0.3) is 0 Å².